The number of carbonyl (C=O) groups excluding carboxylic acids is 1. The SMILES string of the molecule is Cc1cccc(Nc2nnc(SC(C)C(=O)N3CCc4sccc4C3)s2)c1. The van der Waals surface area contributed by atoms with E-state index in [9.17, 15) is 4.79 Å². The lowest BCUT2D eigenvalue weighted by molar-refractivity contribution is -0.131. The minimum absolute atomic E-state index is 0.167. The number of nitrogens with zero attached hydrogens (tertiary/aromatic N) is 3. The lowest BCUT2D eigenvalue weighted by Crippen LogP contribution is -2.39. The predicted molar refractivity (Wildman–Crippen MR) is 113 cm³/mol. The molecule has 1 aromatic carbocycles. The molecule has 0 saturated carbocycles. The van der Waals surface area contributed by atoms with Gasteiger partial charge in [-0.1, -0.05) is 35.2 Å². The molecule has 140 valence electrons. The number of anilines is 2. The van der Waals surface area contributed by atoms with E-state index in [1.54, 1.807) is 11.3 Å². The zero-order valence-corrected chi connectivity index (χ0v) is 17.6. The zero-order valence-electron chi connectivity index (χ0n) is 15.1. The standard InChI is InChI=1S/C19H20N4OS3/c1-12-4-3-5-15(10-12)20-18-21-22-19(27-18)26-13(2)17(24)23-8-6-16-14(11-23)7-9-25-16/h3-5,7,9-10,13H,6,8,11H2,1-2H3,(H,20,21). The van der Waals surface area contributed by atoms with E-state index in [-0.39, 0.29) is 11.2 Å². The highest BCUT2D eigenvalue weighted by atomic mass is 32.2. The lowest BCUT2D eigenvalue weighted by atomic mass is 10.1. The van der Waals surface area contributed by atoms with Crippen LogP contribution in [0.15, 0.2) is 40.1 Å². The Balaban J connectivity index is 1.36. The third-order valence-electron chi connectivity index (χ3n) is 4.42. The number of aryl methyl sites for hydroxylation is 1. The Bertz CT molecular complexity index is 952. The van der Waals surface area contributed by atoms with Crippen LogP contribution < -0.4 is 5.32 Å². The van der Waals surface area contributed by atoms with E-state index in [0.717, 1.165) is 34.7 Å². The van der Waals surface area contributed by atoms with Gasteiger partial charge in [0.15, 0.2) is 4.34 Å². The van der Waals surface area contributed by atoms with Crippen molar-refractivity contribution < 1.29 is 4.79 Å². The fourth-order valence-electron chi connectivity index (χ4n) is 3.05. The van der Waals surface area contributed by atoms with Crippen LogP contribution in [0.1, 0.15) is 22.9 Å². The number of hydrogen-bond donors (Lipinski definition) is 1. The number of aromatic nitrogens is 2. The Hall–Kier alpha value is -1.90. The highest BCUT2D eigenvalue weighted by Crippen LogP contribution is 2.32. The number of carbonyl (C=O) groups is 1. The van der Waals surface area contributed by atoms with E-state index in [2.05, 4.69) is 46.0 Å². The molecule has 0 bridgehead atoms. The van der Waals surface area contributed by atoms with Crippen molar-refractivity contribution in [3.05, 3.63) is 51.7 Å². The second-order valence-corrected chi connectivity index (χ2v) is 10.1. The molecule has 8 heteroatoms. The maximum atomic E-state index is 12.8. The maximum absolute atomic E-state index is 12.8. The molecule has 1 atom stereocenters. The van der Waals surface area contributed by atoms with E-state index in [4.69, 9.17) is 0 Å². The lowest BCUT2D eigenvalue weighted by Gasteiger charge is -2.28. The topological polar surface area (TPSA) is 58.1 Å². The van der Waals surface area contributed by atoms with Gasteiger partial charge in [0, 0.05) is 23.7 Å². The average Bonchev–Trinajstić information content (AvgIpc) is 3.29. The van der Waals surface area contributed by atoms with E-state index in [0.29, 0.717) is 0 Å². The fraction of sp³-hybridized carbons (Fsp3) is 0.316. The van der Waals surface area contributed by atoms with Crippen molar-refractivity contribution in [1.82, 2.24) is 15.1 Å². The van der Waals surface area contributed by atoms with Gasteiger partial charge in [0.2, 0.25) is 11.0 Å². The molecule has 4 rings (SSSR count). The quantitative estimate of drug-likeness (QED) is 0.610. The number of nitrogens with one attached hydrogen (secondary N) is 1. The monoisotopic (exact) mass is 416 g/mol. The third kappa shape index (κ3) is 4.34. The summed E-state index contributed by atoms with van der Waals surface area (Å²) >= 11 is 4.74. The van der Waals surface area contributed by atoms with Crippen LogP contribution in [-0.2, 0) is 17.8 Å². The van der Waals surface area contributed by atoms with Gasteiger partial charge in [0.05, 0.1) is 5.25 Å². The summed E-state index contributed by atoms with van der Waals surface area (Å²) in [6.45, 7) is 5.52. The Morgan fingerprint density at radius 2 is 2.22 bits per heavy atom. The molecule has 3 aromatic rings. The van der Waals surface area contributed by atoms with Gasteiger partial charge in [-0.3, -0.25) is 4.79 Å². The summed E-state index contributed by atoms with van der Waals surface area (Å²) in [5, 5.41) is 14.4. The summed E-state index contributed by atoms with van der Waals surface area (Å²) in [6, 6.07) is 10.3. The minimum Gasteiger partial charge on any atom is -0.337 e. The zero-order chi connectivity index (χ0) is 18.8. The number of thioether (sulfide) groups is 1. The highest BCUT2D eigenvalue weighted by Gasteiger charge is 2.26. The first-order chi connectivity index (χ1) is 13.1. The molecule has 1 aliphatic heterocycles. The van der Waals surface area contributed by atoms with Crippen molar-refractivity contribution in [3.8, 4) is 0 Å². The second-order valence-electron chi connectivity index (χ2n) is 6.51. The van der Waals surface area contributed by atoms with Crippen molar-refractivity contribution in [2.75, 3.05) is 11.9 Å². The van der Waals surface area contributed by atoms with Crippen LogP contribution in [-0.4, -0.2) is 32.8 Å². The first-order valence-corrected chi connectivity index (χ1v) is 11.3. The molecule has 2 aromatic heterocycles. The summed E-state index contributed by atoms with van der Waals surface area (Å²) in [7, 11) is 0. The van der Waals surface area contributed by atoms with E-state index in [1.165, 1.54) is 39.1 Å². The van der Waals surface area contributed by atoms with Gasteiger partial charge in [-0.25, -0.2) is 0 Å². The molecule has 27 heavy (non-hydrogen) atoms. The molecule has 1 amide bonds. The predicted octanol–water partition coefficient (Wildman–Crippen LogP) is 4.72. The van der Waals surface area contributed by atoms with Crippen LogP contribution in [0, 0.1) is 6.92 Å². The molecular weight excluding hydrogens is 396 g/mol. The van der Waals surface area contributed by atoms with Crippen molar-refractivity contribution in [3.63, 3.8) is 0 Å². The van der Waals surface area contributed by atoms with Gasteiger partial charge in [-0.15, -0.1) is 21.5 Å². The molecule has 0 radical (unpaired) electrons. The largest absolute Gasteiger partial charge is 0.337 e. The molecule has 1 N–H and O–H groups in total. The Labute approximate surface area is 170 Å². The molecule has 0 aliphatic carbocycles. The van der Waals surface area contributed by atoms with Crippen LogP contribution in [0.25, 0.3) is 0 Å². The van der Waals surface area contributed by atoms with Crippen LogP contribution in [0.4, 0.5) is 10.8 Å². The van der Waals surface area contributed by atoms with Gasteiger partial charge in [0.1, 0.15) is 0 Å². The van der Waals surface area contributed by atoms with Crippen LogP contribution in [0.2, 0.25) is 0 Å². The Morgan fingerprint density at radius 1 is 1.33 bits per heavy atom. The van der Waals surface area contributed by atoms with Crippen molar-refractivity contribution in [1.29, 1.82) is 0 Å². The van der Waals surface area contributed by atoms with Gasteiger partial charge < -0.3 is 10.2 Å². The number of amides is 1. The smallest absolute Gasteiger partial charge is 0.236 e. The Morgan fingerprint density at radius 3 is 3.07 bits per heavy atom. The van der Waals surface area contributed by atoms with Crippen LogP contribution in [0.3, 0.4) is 0 Å². The van der Waals surface area contributed by atoms with E-state index in [1.807, 2.05) is 24.0 Å². The molecule has 3 heterocycles. The second kappa shape index (κ2) is 8.00. The summed E-state index contributed by atoms with van der Waals surface area (Å²) in [4.78, 5) is 16.2. The maximum Gasteiger partial charge on any atom is 0.236 e. The normalized spacial score (nSPS) is 14.7. The first-order valence-electron chi connectivity index (χ1n) is 8.76. The van der Waals surface area contributed by atoms with Gasteiger partial charge in [0.25, 0.3) is 0 Å². The molecule has 5 nitrogen and oxygen atoms in total. The first kappa shape index (κ1) is 18.5. The number of fused-ring (bicyclic) bond motifs is 1. The highest BCUT2D eigenvalue weighted by molar-refractivity contribution is 8.02. The fourth-order valence-corrected chi connectivity index (χ4v) is 5.94. The van der Waals surface area contributed by atoms with Crippen molar-refractivity contribution in [2.24, 2.45) is 0 Å². The Kier molecular flexibility index (Phi) is 5.47. The summed E-state index contributed by atoms with van der Waals surface area (Å²) < 4.78 is 0.805. The van der Waals surface area contributed by atoms with Gasteiger partial charge in [-0.2, -0.15) is 0 Å². The molecule has 0 saturated heterocycles. The van der Waals surface area contributed by atoms with Crippen molar-refractivity contribution >= 4 is 51.2 Å². The number of hydrogen-bond acceptors (Lipinski definition) is 7. The molecule has 0 fully saturated rings. The van der Waals surface area contributed by atoms with E-state index < -0.39 is 0 Å². The van der Waals surface area contributed by atoms with E-state index >= 15 is 0 Å². The molecular formula is C19H20N4OS3. The van der Waals surface area contributed by atoms with Crippen molar-refractivity contribution in [2.45, 2.75) is 36.4 Å². The summed E-state index contributed by atoms with van der Waals surface area (Å²) in [5.74, 6) is 0.167. The molecule has 1 unspecified atom stereocenters. The molecule has 0 spiro atoms. The average molecular weight is 417 g/mol. The van der Waals surface area contributed by atoms with Gasteiger partial charge >= 0.3 is 0 Å². The number of thiophene rings is 1. The number of benzene rings is 1. The minimum atomic E-state index is -0.176. The van der Waals surface area contributed by atoms with Crippen LogP contribution in [0.5, 0.6) is 0 Å². The van der Waals surface area contributed by atoms with Gasteiger partial charge in [-0.05, 0) is 55.0 Å². The summed E-state index contributed by atoms with van der Waals surface area (Å²) in [6.07, 6.45) is 0.958. The summed E-state index contributed by atoms with van der Waals surface area (Å²) in [5.41, 5.74) is 3.47. The number of rotatable bonds is 5. The third-order valence-corrected chi connectivity index (χ3v) is 7.45. The van der Waals surface area contributed by atoms with Crippen LogP contribution >= 0.6 is 34.4 Å². The molecule has 1 aliphatic rings.